The highest BCUT2D eigenvalue weighted by Gasteiger charge is 2.25. The van der Waals surface area contributed by atoms with E-state index in [1.54, 1.807) is 0 Å². The van der Waals surface area contributed by atoms with E-state index < -0.39 is 10.8 Å². The Hall–Kier alpha value is -1.33. The minimum absolute atomic E-state index is 0.0112. The Balaban J connectivity index is 2.05. The Morgan fingerprint density at radius 1 is 1.45 bits per heavy atom. The third-order valence-corrected chi connectivity index (χ3v) is 4.06. The molecule has 5 nitrogen and oxygen atoms in total. The summed E-state index contributed by atoms with van der Waals surface area (Å²) in [5.74, 6) is -0.142. The number of nitrogens with one attached hydrogen (secondary N) is 1. The van der Waals surface area contributed by atoms with E-state index in [0.717, 1.165) is 19.3 Å². The zero-order valence-corrected chi connectivity index (χ0v) is 12.2. The van der Waals surface area contributed by atoms with Crippen molar-refractivity contribution in [3.8, 4) is 0 Å². The molecule has 0 aromatic heterocycles. The standard InChI is InChI=1S/C13H14Cl2N2O3/c14-9-2-1-8(5-9)7-16-13(18)11-6-10(15)3-4-12(11)17(19)20/h3-4,6,8-9H,1-2,5,7H2,(H,16,18). The lowest BCUT2D eigenvalue weighted by Crippen LogP contribution is -2.29. The van der Waals surface area contributed by atoms with Crippen LogP contribution in [-0.2, 0) is 0 Å². The van der Waals surface area contributed by atoms with E-state index in [1.807, 2.05) is 0 Å². The summed E-state index contributed by atoms with van der Waals surface area (Å²) in [4.78, 5) is 22.4. The summed E-state index contributed by atoms with van der Waals surface area (Å²) in [5, 5.41) is 14.1. The fraction of sp³-hybridized carbons (Fsp3) is 0.462. The predicted molar refractivity (Wildman–Crippen MR) is 77.4 cm³/mol. The maximum absolute atomic E-state index is 12.1. The second-order valence-corrected chi connectivity index (χ2v) is 5.96. The monoisotopic (exact) mass is 316 g/mol. The molecule has 2 rings (SSSR count). The molecule has 1 aliphatic rings. The topological polar surface area (TPSA) is 72.2 Å². The summed E-state index contributed by atoms with van der Waals surface area (Å²) < 4.78 is 0. The van der Waals surface area contributed by atoms with Gasteiger partial charge in [-0.2, -0.15) is 0 Å². The third-order valence-electron chi connectivity index (χ3n) is 3.43. The molecule has 1 aromatic rings. The van der Waals surface area contributed by atoms with Crippen LogP contribution < -0.4 is 5.32 Å². The van der Waals surface area contributed by atoms with E-state index in [9.17, 15) is 14.9 Å². The van der Waals surface area contributed by atoms with Crippen LogP contribution in [-0.4, -0.2) is 22.8 Å². The van der Waals surface area contributed by atoms with Gasteiger partial charge in [-0.1, -0.05) is 11.6 Å². The molecule has 1 N–H and O–H groups in total. The molecule has 108 valence electrons. The van der Waals surface area contributed by atoms with Crippen LogP contribution in [0.15, 0.2) is 18.2 Å². The van der Waals surface area contributed by atoms with E-state index in [2.05, 4.69) is 5.32 Å². The van der Waals surface area contributed by atoms with Gasteiger partial charge in [0.2, 0.25) is 0 Å². The van der Waals surface area contributed by atoms with Crippen LogP contribution in [0.5, 0.6) is 0 Å². The number of carbonyl (C=O) groups excluding carboxylic acids is 1. The number of rotatable bonds is 4. The number of nitro groups is 1. The van der Waals surface area contributed by atoms with E-state index in [4.69, 9.17) is 23.2 Å². The van der Waals surface area contributed by atoms with Crippen LogP contribution in [0.2, 0.25) is 5.02 Å². The molecule has 1 amide bonds. The lowest BCUT2D eigenvalue weighted by atomic mass is 10.1. The zero-order chi connectivity index (χ0) is 14.7. The summed E-state index contributed by atoms with van der Waals surface area (Å²) in [6.07, 6.45) is 2.77. The van der Waals surface area contributed by atoms with Crippen molar-refractivity contribution < 1.29 is 9.72 Å². The average Bonchev–Trinajstić information content (AvgIpc) is 2.81. The largest absolute Gasteiger partial charge is 0.352 e. The van der Waals surface area contributed by atoms with Crippen molar-refractivity contribution in [3.05, 3.63) is 38.9 Å². The van der Waals surface area contributed by atoms with E-state index >= 15 is 0 Å². The van der Waals surface area contributed by atoms with Crippen LogP contribution in [0.3, 0.4) is 0 Å². The molecule has 1 fully saturated rings. The number of nitrogens with zero attached hydrogens (tertiary/aromatic N) is 1. The normalized spacial score (nSPS) is 21.7. The van der Waals surface area contributed by atoms with Crippen LogP contribution in [0.1, 0.15) is 29.6 Å². The Morgan fingerprint density at radius 3 is 2.80 bits per heavy atom. The Bertz CT molecular complexity index is 536. The van der Waals surface area contributed by atoms with Gasteiger partial charge in [-0.05, 0) is 37.3 Å². The highest BCUT2D eigenvalue weighted by Crippen LogP contribution is 2.29. The van der Waals surface area contributed by atoms with Crippen molar-refractivity contribution in [2.45, 2.75) is 24.6 Å². The predicted octanol–water partition coefficient (Wildman–Crippen LogP) is 3.39. The van der Waals surface area contributed by atoms with Gasteiger partial charge in [0.1, 0.15) is 5.56 Å². The molecular weight excluding hydrogens is 303 g/mol. The van der Waals surface area contributed by atoms with Crippen LogP contribution in [0.4, 0.5) is 5.69 Å². The van der Waals surface area contributed by atoms with Gasteiger partial charge in [0.25, 0.3) is 11.6 Å². The third kappa shape index (κ3) is 3.61. The molecule has 0 saturated heterocycles. The van der Waals surface area contributed by atoms with Crippen molar-refractivity contribution in [1.29, 1.82) is 0 Å². The summed E-state index contributed by atoms with van der Waals surface area (Å²) >= 11 is 11.8. The van der Waals surface area contributed by atoms with Crippen molar-refractivity contribution >= 4 is 34.8 Å². The average molecular weight is 317 g/mol. The van der Waals surface area contributed by atoms with Crippen molar-refractivity contribution in [1.82, 2.24) is 5.32 Å². The molecule has 1 saturated carbocycles. The van der Waals surface area contributed by atoms with Gasteiger partial charge in [0, 0.05) is 23.0 Å². The molecule has 0 spiro atoms. The molecule has 0 radical (unpaired) electrons. The Labute approximate surface area is 126 Å². The minimum Gasteiger partial charge on any atom is -0.352 e. The number of amides is 1. The molecule has 1 aromatic carbocycles. The van der Waals surface area contributed by atoms with Crippen molar-refractivity contribution in [2.75, 3.05) is 6.54 Å². The van der Waals surface area contributed by atoms with Gasteiger partial charge in [-0.25, -0.2) is 0 Å². The fourth-order valence-electron chi connectivity index (χ4n) is 2.38. The Kier molecular flexibility index (Phi) is 4.83. The van der Waals surface area contributed by atoms with Crippen LogP contribution in [0.25, 0.3) is 0 Å². The number of hydrogen-bond acceptors (Lipinski definition) is 3. The van der Waals surface area contributed by atoms with Crippen LogP contribution in [0, 0.1) is 16.0 Å². The first kappa shape index (κ1) is 15.1. The minimum atomic E-state index is -0.588. The second-order valence-electron chi connectivity index (χ2n) is 4.90. The molecule has 0 aliphatic heterocycles. The number of nitro benzene ring substituents is 1. The molecule has 2 unspecified atom stereocenters. The maximum Gasteiger partial charge on any atom is 0.282 e. The first-order valence-corrected chi connectivity index (χ1v) is 7.15. The molecular formula is C13H14Cl2N2O3. The molecule has 0 heterocycles. The molecule has 2 atom stereocenters. The first-order chi connectivity index (χ1) is 9.47. The molecule has 20 heavy (non-hydrogen) atoms. The van der Waals surface area contributed by atoms with E-state index in [-0.39, 0.29) is 16.6 Å². The van der Waals surface area contributed by atoms with Gasteiger partial charge in [0.05, 0.1) is 4.92 Å². The van der Waals surface area contributed by atoms with Gasteiger partial charge in [-0.15, -0.1) is 11.6 Å². The quantitative estimate of drug-likeness (QED) is 0.525. The number of hydrogen-bond donors (Lipinski definition) is 1. The summed E-state index contributed by atoms with van der Waals surface area (Å²) in [6.45, 7) is 0.478. The van der Waals surface area contributed by atoms with Gasteiger partial charge < -0.3 is 5.32 Å². The van der Waals surface area contributed by atoms with Gasteiger partial charge in [0.15, 0.2) is 0 Å². The summed E-state index contributed by atoms with van der Waals surface area (Å²) in [7, 11) is 0. The molecule has 1 aliphatic carbocycles. The lowest BCUT2D eigenvalue weighted by Gasteiger charge is -2.11. The number of benzene rings is 1. The highest BCUT2D eigenvalue weighted by molar-refractivity contribution is 6.31. The number of halogens is 2. The van der Waals surface area contributed by atoms with Gasteiger partial charge >= 0.3 is 0 Å². The van der Waals surface area contributed by atoms with Crippen LogP contribution >= 0.6 is 23.2 Å². The SMILES string of the molecule is O=C(NCC1CCC(Cl)C1)c1cc(Cl)ccc1[N+](=O)[O-]. The van der Waals surface area contributed by atoms with Gasteiger partial charge in [-0.3, -0.25) is 14.9 Å². The van der Waals surface area contributed by atoms with Crippen molar-refractivity contribution in [2.24, 2.45) is 5.92 Å². The lowest BCUT2D eigenvalue weighted by molar-refractivity contribution is -0.385. The summed E-state index contributed by atoms with van der Waals surface area (Å²) in [6, 6.07) is 3.95. The fourth-order valence-corrected chi connectivity index (χ4v) is 2.93. The maximum atomic E-state index is 12.1. The second kappa shape index (κ2) is 6.41. The number of alkyl halides is 1. The first-order valence-electron chi connectivity index (χ1n) is 6.33. The van der Waals surface area contributed by atoms with E-state index in [0.29, 0.717) is 17.5 Å². The molecule has 0 bridgehead atoms. The smallest absolute Gasteiger partial charge is 0.282 e. The highest BCUT2D eigenvalue weighted by atomic mass is 35.5. The molecule has 7 heteroatoms. The zero-order valence-electron chi connectivity index (χ0n) is 10.6. The van der Waals surface area contributed by atoms with Crippen molar-refractivity contribution in [3.63, 3.8) is 0 Å². The van der Waals surface area contributed by atoms with E-state index in [1.165, 1.54) is 18.2 Å². The Morgan fingerprint density at radius 2 is 2.20 bits per heavy atom. The number of carbonyl (C=O) groups is 1. The summed E-state index contributed by atoms with van der Waals surface area (Å²) in [5.41, 5.74) is -0.253.